The normalized spacial score (nSPS) is 14.8. The van der Waals surface area contributed by atoms with Gasteiger partial charge in [-0.2, -0.15) is 19.0 Å². The molecule has 75 heavy (non-hydrogen) atoms. The van der Waals surface area contributed by atoms with E-state index in [1.165, 1.54) is 44.1 Å². The average Bonchev–Trinajstić information content (AvgIpc) is 4.32. The minimum Gasteiger partial charge on any atom is -0.461 e. The molecule has 390 valence electrons. The number of methoxy groups -OCH3 is 1. The van der Waals surface area contributed by atoms with Gasteiger partial charge in [-0.3, -0.25) is 28.1 Å². The number of hydrogen-bond acceptors (Lipinski definition) is 18. The summed E-state index contributed by atoms with van der Waals surface area (Å²) < 4.78 is 51.8. The van der Waals surface area contributed by atoms with E-state index in [9.17, 15) is 23.5 Å². The van der Waals surface area contributed by atoms with Crippen LogP contribution in [0.25, 0.3) is 56.8 Å². The second kappa shape index (κ2) is 20.8. The van der Waals surface area contributed by atoms with Crippen molar-refractivity contribution < 1.29 is 27.5 Å². The van der Waals surface area contributed by atoms with Crippen LogP contribution >= 0.6 is 0 Å². The highest BCUT2D eigenvalue weighted by Crippen LogP contribution is 2.26. The number of ether oxygens (including phenoxy) is 1. The smallest absolute Gasteiger partial charge is 0.330 e. The number of furan rings is 2. The molecule has 2 aliphatic rings. The van der Waals surface area contributed by atoms with E-state index in [1.54, 1.807) is 75.6 Å². The Morgan fingerprint density at radius 3 is 1.36 bits per heavy atom. The molecule has 10 aromatic rings. The van der Waals surface area contributed by atoms with Gasteiger partial charge in [0.05, 0.1) is 38.8 Å². The van der Waals surface area contributed by atoms with E-state index in [2.05, 4.69) is 49.7 Å². The van der Waals surface area contributed by atoms with E-state index in [4.69, 9.17) is 25.0 Å². The predicted octanol–water partition coefficient (Wildman–Crippen LogP) is 2.73. The van der Waals surface area contributed by atoms with E-state index in [0.29, 0.717) is 96.1 Å². The van der Waals surface area contributed by atoms with E-state index in [0.717, 1.165) is 63.7 Å². The second-order valence-electron chi connectivity index (χ2n) is 18.1. The molecule has 0 atom stereocenters. The Kier molecular flexibility index (Phi) is 13.5. The molecule has 24 nitrogen and oxygen atoms in total. The van der Waals surface area contributed by atoms with Crippen LogP contribution in [0.5, 0.6) is 0 Å². The Morgan fingerprint density at radius 2 is 0.973 bits per heavy atom. The van der Waals surface area contributed by atoms with Gasteiger partial charge in [0.15, 0.2) is 34.1 Å². The molecule has 0 unspecified atom stereocenters. The fourth-order valence-corrected chi connectivity index (χ4v) is 9.76. The van der Waals surface area contributed by atoms with Crippen molar-refractivity contribution in [1.82, 2.24) is 67.2 Å². The lowest BCUT2D eigenvalue weighted by Crippen LogP contribution is -2.47. The van der Waals surface area contributed by atoms with E-state index in [1.807, 2.05) is 0 Å². The minimum absolute atomic E-state index is 0.0862. The number of fused-ring (bicyclic) bond motifs is 6. The van der Waals surface area contributed by atoms with Crippen molar-refractivity contribution in [3.8, 4) is 23.2 Å². The van der Waals surface area contributed by atoms with Gasteiger partial charge in [-0.05, 0) is 72.8 Å². The van der Waals surface area contributed by atoms with Gasteiger partial charge >= 0.3 is 11.4 Å². The molecule has 2 aliphatic heterocycles. The third-order valence-corrected chi connectivity index (χ3v) is 13.6. The molecule has 0 bridgehead atoms. The minimum atomic E-state index is -0.295. The molecule has 2 aromatic carbocycles. The Morgan fingerprint density at radius 1 is 0.547 bits per heavy atom. The SMILES string of the molecule is COCCn1c(=O)n(CCN2CCN(c3ccc(F)cc3)CC2)c2nc(N)n3nc(-c4ccco4)nc3c21.Nc1nc2c(c3nc(-c4ccco4)nn13)n(CCO)c(=O)n2CCN1CCN(c2ccc(F)cc2)CC1. The number of aliphatic hydroxyl groups is 1. The molecule has 0 aliphatic carbocycles. The lowest BCUT2D eigenvalue weighted by Gasteiger charge is -2.36. The summed E-state index contributed by atoms with van der Waals surface area (Å²) in [5.74, 6) is 1.37. The van der Waals surface area contributed by atoms with Crippen molar-refractivity contribution >= 4 is 56.9 Å². The number of nitrogens with two attached hydrogens (primary N) is 2. The van der Waals surface area contributed by atoms with Crippen LogP contribution in [0.1, 0.15) is 0 Å². The Bertz CT molecular complexity index is 3700. The fraction of sp³-hybridized carbons (Fsp3) is 0.347. The largest absolute Gasteiger partial charge is 0.461 e. The summed E-state index contributed by atoms with van der Waals surface area (Å²) in [7, 11) is 1.59. The molecule has 10 heterocycles. The summed E-state index contributed by atoms with van der Waals surface area (Å²) in [6.45, 7) is 9.16. The molecule has 8 aromatic heterocycles. The van der Waals surface area contributed by atoms with Gasteiger partial charge in [-0.15, -0.1) is 10.2 Å². The fourth-order valence-electron chi connectivity index (χ4n) is 9.76. The molecule has 0 spiro atoms. The maximum Gasteiger partial charge on any atom is 0.330 e. The van der Waals surface area contributed by atoms with Gasteiger partial charge in [0.25, 0.3) is 0 Å². The molecule has 26 heteroatoms. The first-order valence-electron chi connectivity index (χ1n) is 24.5. The number of benzene rings is 2. The predicted molar refractivity (Wildman–Crippen MR) is 274 cm³/mol. The first-order chi connectivity index (χ1) is 36.6. The maximum absolute atomic E-state index is 13.6. The van der Waals surface area contributed by atoms with Gasteiger partial charge in [-0.1, -0.05) is 0 Å². The van der Waals surface area contributed by atoms with Crippen molar-refractivity contribution in [2.24, 2.45) is 0 Å². The van der Waals surface area contributed by atoms with Gasteiger partial charge in [0, 0.05) is 97.0 Å². The van der Waals surface area contributed by atoms with Gasteiger partial charge < -0.3 is 39.9 Å². The first-order valence-corrected chi connectivity index (χ1v) is 24.5. The number of piperazine rings is 2. The van der Waals surface area contributed by atoms with Crippen LogP contribution in [0, 0.1) is 11.6 Å². The van der Waals surface area contributed by atoms with Gasteiger partial charge in [0.1, 0.15) is 22.7 Å². The van der Waals surface area contributed by atoms with Gasteiger partial charge in [0.2, 0.25) is 23.5 Å². The average molecular weight is 1030 g/mol. The number of aliphatic hydroxyl groups excluding tert-OH is 1. The number of imidazole rings is 2. The zero-order valence-corrected chi connectivity index (χ0v) is 41.0. The summed E-state index contributed by atoms with van der Waals surface area (Å²) in [6.07, 6.45) is 3.07. The quantitative estimate of drug-likeness (QED) is 0.133. The summed E-state index contributed by atoms with van der Waals surface area (Å²) in [5.41, 5.74) is 16.6. The van der Waals surface area contributed by atoms with Gasteiger partial charge in [-0.25, -0.2) is 28.3 Å². The van der Waals surface area contributed by atoms with Crippen LogP contribution in [0.15, 0.2) is 104 Å². The summed E-state index contributed by atoms with van der Waals surface area (Å²) >= 11 is 0. The molecular weight excluding hydrogens is 975 g/mol. The van der Waals surface area contributed by atoms with Crippen molar-refractivity contribution in [3.05, 3.63) is 118 Å². The number of nitrogens with zero attached hydrogens (tertiary/aromatic N) is 16. The Labute approximate surface area is 424 Å². The Balaban J connectivity index is 0.000000161. The number of aromatic nitrogens is 12. The van der Waals surface area contributed by atoms with Crippen molar-refractivity contribution in [1.29, 1.82) is 0 Å². The van der Waals surface area contributed by atoms with Crippen LogP contribution in [0.4, 0.5) is 32.1 Å². The number of anilines is 4. The van der Waals surface area contributed by atoms with Crippen LogP contribution in [0.3, 0.4) is 0 Å². The molecule has 0 saturated carbocycles. The number of halogens is 2. The highest BCUT2D eigenvalue weighted by Gasteiger charge is 2.27. The van der Waals surface area contributed by atoms with E-state index < -0.39 is 0 Å². The second-order valence-corrected chi connectivity index (χ2v) is 18.1. The zero-order valence-electron chi connectivity index (χ0n) is 41.0. The molecule has 12 rings (SSSR count). The van der Waals surface area contributed by atoms with Crippen LogP contribution in [-0.2, 0) is 30.9 Å². The number of hydrogen-bond donors (Lipinski definition) is 3. The summed E-state index contributed by atoms with van der Waals surface area (Å²) in [5, 5.41) is 18.5. The van der Waals surface area contributed by atoms with Crippen molar-refractivity contribution in [3.63, 3.8) is 0 Å². The monoisotopic (exact) mass is 1030 g/mol. The van der Waals surface area contributed by atoms with E-state index in [-0.39, 0.29) is 48.1 Å². The molecule has 0 radical (unpaired) electrons. The van der Waals surface area contributed by atoms with Crippen LogP contribution in [0.2, 0.25) is 0 Å². The van der Waals surface area contributed by atoms with Crippen molar-refractivity contribution in [2.45, 2.75) is 26.2 Å². The number of rotatable bonds is 15. The zero-order chi connectivity index (χ0) is 51.7. The van der Waals surface area contributed by atoms with Crippen molar-refractivity contribution in [2.75, 3.05) is 107 Å². The third kappa shape index (κ3) is 9.54. The summed E-state index contributed by atoms with van der Waals surface area (Å²) in [6, 6.07) is 20.1. The first kappa shape index (κ1) is 48.8. The highest BCUT2D eigenvalue weighted by molar-refractivity contribution is 5.89. The van der Waals surface area contributed by atoms with Crippen LogP contribution in [-0.4, -0.2) is 158 Å². The lowest BCUT2D eigenvalue weighted by molar-refractivity contribution is 0.187. The molecule has 0 amide bonds. The topological polar surface area (TPSA) is 261 Å². The molecule has 2 fully saturated rings. The van der Waals surface area contributed by atoms with E-state index >= 15 is 0 Å². The molecular formula is C49H54F2N18O6. The molecule has 2 saturated heterocycles. The third-order valence-electron chi connectivity index (χ3n) is 13.6. The van der Waals surface area contributed by atoms with Crippen LogP contribution < -0.4 is 32.6 Å². The standard InChI is InChI=1S/C25H28FN9O3.C24H26FN9O3/c1-37-16-14-33-20-22(29-24(27)35-23(20)28-21(30-35)19-3-2-15-38-19)34(25(33)36)13-10-31-8-11-32(12-9-31)18-6-4-17(26)5-7-18;25-16-3-5-17(6-4-16)31-10-7-30(8-11-31)9-12-33-21-19(32(13-14-35)24(33)36)22-27-20(18-2-1-15-37-18)29-34(22)23(26)28-21/h2-7,15H,8-14,16H2,1H3,(H2,27,29);1-6,15,35H,7-14H2,(H2,26,28). The summed E-state index contributed by atoms with van der Waals surface area (Å²) in [4.78, 5) is 54.3. The number of nitrogen functional groups attached to an aromatic ring is 2. The highest BCUT2D eigenvalue weighted by atomic mass is 19.1. The Hall–Kier alpha value is -8.46. The molecule has 5 N–H and O–H groups in total. The maximum atomic E-state index is 13.6. The lowest BCUT2D eigenvalue weighted by atomic mass is 10.2.